The van der Waals surface area contributed by atoms with E-state index >= 15 is 0 Å². The van der Waals surface area contributed by atoms with E-state index in [1.54, 1.807) is 0 Å². The Kier molecular flexibility index (Phi) is 5.00. The van der Waals surface area contributed by atoms with Crippen molar-refractivity contribution in [1.29, 1.82) is 0 Å². The highest BCUT2D eigenvalue weighted by molar-refractivity contribution is 4.89. The van der Waals surface area contributed by atoms with Crippen LogP contribution in [0.4, 0.5) is 0 Å². The second-order valence-electron chi connectivity index (χ2n) is 7.55. The molecule has 0 amide bonds. The van der Waals surface area contributed by atoms with Gasteiger partial charge < -0.3 is 5.32 Å². The molecule has 1 N–H and O–H groups in total. The summed E-state index contributed by atoms with van der Waals surface area (Å²) < 4.78 is 0. The van der Waals surface area contributed by atoms with Gasteiger partial charge in [-0.25, -0.2) is 0 Å². The van der Waals surface area contributed by atoms with Crippen LogP contribution in [0, 0.1) is 11.8 Å². The van der Waals surface area contributed by atoms with Gasteiger partial charge in [0.25, 0.3) is 0 Å². The molecule has 0 radical (unpaired) electrons. The van der Waals surface area contributed by atoms with Crippen molar-refractivity contribution in [3.05, 3.63) is 0 Å². The summed E-state index contributed by atoms with van der Waals surface area (Å²) in [6.45, 7) is 12.5. The Hall–Kier alpha value is -0.120. The van der Waals surface area contributed by atoms with Crippen LogP contribution in [-0.4, -0.2) is 61.2 Å². The highest BCUT2D eigenvalue weighted by Crippen LogP contribution is 2.31. The Bertz CT molecular complexity index is 293. The van der Waals surface area contributed by atoms with Crippen LogP contribution < -0.4 is 5.32 Å². The molecule has 0 aromatic carbocycles. The number of rotatable bonds is 3. The summed E-state index contributed by atoms with van der Waals surface area (Å²) in [4.78, 5) is 5.52. The minimum absolute atomic E-state index is 0.844. The van der Waals surface area contributed by atoms with Crippen molar-refractivity contribution in [1.82, 2.24) is 15.1 Å². The summed E-state index contributed by atoms with van der Waals surface area (Å²) in [5, 5.41) is 3.40. The Morgan fingerprint density at radius 1 is 0.800 bits per heavy atom. The summed E-state index contributed by atoms with van der Waals surface area (Å²) in [6, 6.07) is 1.73. The zero-order valence-corrected chi connectivity index (χ0v) is 13.5. The maximum absolute atomic E-state index is 3.40. The molecule has 0 aromatic heterocycles. The summed E-state index contributed by atoms with van der Waals surface area (Å²) in [5.41, 5.74) is 0. The third-order valence-corrected chi connectivity index (χ3v) is 6.07. The molecule has 0 bridgehead atoms. The van der Waals surface area contributed by atoms with Crippen molar-refractivity contribution in [2.45, 2.75) is 58.0 Å². The van der Waals surface area contributed by atoms with Gasteiger partial charge in [0, 0.05) is 51.4 Å². The Labute approximate surface area is 125 Å². The Morgan fingerprint density at radius 2 is 1.45 bits per heavy atom. The summed E-state index contributed by atoms with van der Waals surface area (Å²) in [5.74, 6) is 1.87. The monoisotopic (exact) mass is 279 g/mol. The highest BCUT2D eigenvalue weighted by Gasteiger charge is 2.31. The third-order valence-electron chi connectivity index (χ3n) is 6.07. The van der Waals surface area contributed by atoms with E-state index in [4.69, 9.17) is 0 Å². The molecule has 2 heterocycles. The number of nitrogens with zero attached hydrogens (tertiary/aromatic N) is 2. The van der Waals surface area contributed by atoms with E-state index in [1.165, 1.54) is 71.4 Å². The fraction of sp³-hybridized carbons (Fsp3) is 1.00. The fourth-order valence-electron chi connectivity index (χ4n) is 4.34. The molecule has 2 atom stereocenters. The molecule has 3 nitrogen and oxygen atoms in total. The highest BCUT2D eigenvalue weighted by atomic mass is 15.3. The second-order valence-corrected chi connectivity index (χ2v) is 7.55. The molecule has 20 heavy (non-hydrogen) atoms. The summed E-state index contributed by atoms with van der Waals surface area (Å²) >= 11 is 0. The molecule has 3 fully saturated rings. The maximum atomic E-state index is 3.40. The fourth-order valence-corrected chi connectivity index (χ4v) is 4.34. The topological polar surface area (TPSA) is 18.5 Å². The lowest BCUT2D eigenvalue weighted by atomic mass is 9.89. The van der Waals surface area contributed by atoms with Crippen molar-refractivity contribution in [3.63, 3.8) is 0 Å². The van der Waals surface area contributed by atoms with Gasteiger partial charge in [0.15, 0.2) is 0 Å². The zero-order valence-electron chi connectivity index (χ0n) is 13.5. The van der Waals surface area contributed by atoms with Crippen molar-refractivity contribution >= 4 is 0 Å². The lowest BCUT2D eigenvalue weighted by molar-refractivity contribution is 0.0474. The number of piperazine rings is 1. The molecule has 2 aliphatic heterocycles. The van der Waals surface area contributed by atoms with Gasteiger partial charge in [-0.15, -0.1) is 0 Å². The molecule has 2 saturated heterocycles. The van der Waals surface area contributed by atoms with Gasteiger partial charge >= 0.3 is 0 Å². The number of nitrogens with one attached hydrogen (secondary N) is 1. The van der Waals surface area contributed by atoms with Crippen LogP contribution >= 0.6 is 0 Å². The average molecular weight is 279 g/mol. The van der Waals surface area contributed by atoms with Gasteiger partial charge in [-0.05, 0) is 31.1 Å². The van der Waals surface area contributed by atoms with Gasteiger partial charge in [0.1, 0.15) is 0 Å². The van der Waals surface area contributed by atoms with E-state index in [0.29, 0.717) is 0 Å². The van der Waals surface area contributed by atoms with Gasteiger partial charge in [0.2, 0.25) is 0 Å². The maximum Gasteiger partial charge on any atom is 0.0346 e. The molecular weight excluding hydrogens is 246 g/mol. The quantitative estimate of drug-likeness (QED) is 0.799. The van der Waals surface area contributed by atoms with Gasteiger partial charge in [-0.3, -0.25) is 9.80 Å². The zero-order chi connectivity index (χ0) is 13.9. The van der Waals surface area contributed by atoms with Gasteiger partial charge in [-0.1, -0.05) is 26.7 Å². The predicted octanol–water partition coefficient (Wildman–Crippen LogP) is 2.18. The minimum atomic E-state index is 0.844. The first kappa shape index (κ1) is 14.8. The SMILES string of the molecule is CC(C)C1CCCC(N2CCN(C3CNC3)CC2)CC1. The van der Waals surface area contributed by atoms with Crippen LogP contribution in [0.5, 0.6) is 0 Å². The van der Waals surface area contributed by atoms with E-state index in [9.17, 15) is 0 Å². The van der Waals surface area contributed by atoms with Crippen molar-refractivity contribution in [2.24, 2.45) is 11.8 Å². The molecule has 3 aliphatic rings. The number of hydrogen-bond acceptors (Lipinski definition) is 3. The molecule has 116 valence electrons. The average Bonchev–Trinajstić information content (AvgIpc) is 2.63. The van der Waals surface area contributed by atoms with Gasteiger partial charge in [0.05, 0.1) is 0 Å². The molecule has 1 saturated carbocycles. The van der Waals surface area contributed by atoms with E-state index in [1.807, 2.05) is 0 Å². The Morgan fingerprint density at radius 3 is 2.00 bits per heavy atom. The van der Waals surface area contributed by atoms with Crippen LogP contribution in [0.2, 0.25) is 0 Å². The Balaban J connectivity index is 1.45. The smallest absolute Gasteiger partial charge is 0.0346 e. The summed E-state index contributed by atoms with van der Waals surface area (Å²) in [6.07, 6.45) is 7.30. The molecule has 1 aliphatic carbocycles. The van der Waals surface area contributed by atoms with Crippen LogP contribution in [0.1, 0.15) is 46.0 Å². The molecule has 0 spiro atoms. The van der Waals surface area contributed by atoms with Crippen LogP contribution in [0.15, 0.2) is 0 Å². The minimum Gasteiger partial charge on any atom is -0.314 e. The largest absolute Gasteiger partial charge is 0.314 e. The first-order valence-corrected chi connectivity index (χ1v) is 8.93. The lowest BCUT2D eigenvalue weighted by Gasteiger charge is -2.45. The van der Waals surface area contributed by atoms with E-state index < -0.39 is 0 Å². The van der Waals surface area contributed by atoms with Crippen LogP contribution in [-0.2, 0) is 0 Å². The van der Waals surface area contributed by atoms with Crippen molar-refractivity contribution < 1.29 is 0 Å². The molecule has 0 aromatic rings. The van der Waals surface area contributed by atoms with Crippen LogP contribution in [0.25, 0.3) is 0 Å². The first-order chi connectivity index (χ1) is 9.74. The van der Waals surface area contributed by atoms with E-state index in [2.05, 4.69) is 29.0 Å². The molecular formula is C17H33N3. The van der Waals surface area contributed by atoms with E-state index in [0.717, 1.165) is 23.9 Å². The van der Waals surface area contributed by atoms with Crippen LogP contribution in [0.3, 0.4) is 0 Å². The summed E-state index contributed by atoms with van der Waals surface area (Å²) in [7, 11) is 0. The molecule has 3 rings (SSSR count). The van der Waals surface area contributed by atoms with Gasteiger partial charge in [-0.2, -0.15) is 0 Å². The standard InChI is InChI=1S/C17H33N3/c1-14(2)15-4-3-5-16(7-6-15)19-8-10-20(11-9-19)17-12-18-13-17/h14-18H,3-13H2,1-2H3. The molecule has 2 unspecified atom stereocenters. The normalized spacial score (nSPS) is 35.0. The van der Waals surface area contributed by atoms with Crippen molar-refractivity contribution in [2.75, 3.05) is 39.3 Å². The van der Waals surface area contributed by atoms with E-state index in [-0.39, 0.29) is 0 Å². The number of hydrogen-bond donors (Lipinski definition) is 1. The predicted molar refractivity (Wildman–Crippen MR) is 85.0 cm³/mol. The lowest BCUT2D eigenvalue weighted by Crippen LogP contribution is -2.62. The first-order valence-electron chi connectivity index (χ1n) is 8.93. The molecule has 3 heteroatoms. The second kappa shape index (κ2) is 6.76. The van der Waals surface area contributed by atoms with Crippen molar-refractivity contribution in [3.8, 4) is 0 Å². The third kappa shape index (κ3) is 3.37.